The number of nitrogen functional groups attached to an aromatic ring is 1. The summed E-state index contributed by atoms with van der Waals surface area (Å²) < 4.78 is 33.2. The highest BCUT2D eigenvalue weighted by Gasteiger charge is 2.26. The topological polar surface area (TPSA) is 84.7 Å². The summed E-state index contributed by atoms with van der Waals surface area (Å²) in [6.45, 7) is 1.11. The number of methoxy groups -OCH3 is 1. The average Bonchev–Trinajstić information content (AvgIpc) is 2.83. The van der Waals surface area contributed by atoms with E-state index < -0.39 is 10.2 Å². The molecule has 18 heavy (non-hydrogen) atoms. The normalized spacial score (nSPS) is 16.7. The van der Waals surface area contributed by atoms with Crippen molar-refractivity contribution >= 4 is 21.6 Å². The van der Waals surface area contributed by atoms with Crippen LogP contribution in [0.5, 0.6) is 5.75 Å². The predicted molar refractivity (Wildman–Crippen MR) is 70.8 cm³/mol. The van der Waals surface area contributed by atoms with Crippen LogP contribution >= 0.6 is 0 Å². The van der Waals surface area contributed by atoms with Crippen LogP contribution < -0.4 is 15.2 Å². The van der Waals surface area contributed by atoms with Crippen molar-refractivity contribution in [3.05, 3.63) is 18.2 Å². The molecule has 0 unspecified atom stereocenters. The smallest absolute Gasteiger partial charge is 0.301 e. The van der Waals surface area contributed by atoms with Gasteiger partial charge in [0.1, 0.15) is 5.75 Å². The molecular weight excluding hydrogens is 254 g/mol. The van der Waals surface area contributed by atoms with Gasteiger partial charge in [-0.05, 0) is 31.0 Å². The summed E-state index contributed by atoms with van der Waals surface area (Å²) in [6.07, 6.45) is 1.80. The van der Waals surface area contributed by atoms with Gasteiger partial charge in [-0.1, -0.05) is 0 Å². The Kier molecular flexibility index (Phi) is 3.63. The van der Waals surface area contributed by atoms with E-state index in [1.54, 1.807) is 18.2 Å². The van der Waals surface area contributed by atoms with Gasteiger partial charge in [-0.25, -0.2) is 0 Å². The Bertz CT molecular complexity index is 524. The minimum atomic E-state index is -3.51. The first-order valence-electron chi connectivity index (χ1n) is 5.74. The lowest BCUT2D eigenvalue weighted by atomic mass is 10.2. The van der Waals surface area contributed by atoms with E-state index in [1.165, 1.54) is 11.4 Å². The van der Waals surface area contributed by atoms with Gasteiger partial charge in [0.15, 0.2) is 0 Å². The molecule has 1 fully saturated rings. The number of nitrogens with one attached hydrogen (secondary N) is 1. The summed E-state index contributed by atoms with van der Waals surface area (Å²) in [5, 5.41) is 0. The van der Waals surface area contributed by atoms with Crippen molar-refractivity contribution in [3.8, 4) is 5.75 Å². The van der Waals surface area contributed by atoms with Crippen LogP contribution in [0.15, 0.2) is 18.2 Å². The van der Waals surface area contributed by atoms with E-state index in [-0.39, 0.29) is 0 Å². The molecule has 0 aromatic heterocycles. The molecule has 0 saturated carbocycles. The molecule has 100 valence electrons. The van der Waals surface area contributed by atoms with Gasteiger partial charge in [-0.2, -0.15) is 12.7 Å². The van der Waals surface area contributed by atoms with Crippen molar-refractivity contribution < 1.29 is 13.2 Å². The van der Waals surface area contributed by atoms with Gasteiger partial charge in [0.05, 0.1) is 12.8 Å². The third kappa shape index (κ3) is 2.68. The monoisotopic (exact) mass is 271 g/mol. The third-order valence-electron chi connectivity index (χ3n) is 2.87. The summed E-state index contributed by atoms with van der Waals surface area (Å²) >= 11 is 0. The maximum absolute atomic E-state index is 12.1. The number of ether oxygens (including phenoxy) is 1. The molecule has 3 N–H and O–H groups in total. The first-order valence-corrected chi connectivity index (χ1v) is 7.18. The number of nitrogens with zero attached hydrogens (tertiary/aromatic N) is 1. The average molecular weight is 271 g/mol. The molecule has 1 heterocycles. The lowest BCUT2D eigenvalue weighted by Gasteiger charge is -2.18. The Hall–Kier alpha value is -1.47. The van der Waals surface area contributed by atoms with Gasteiger partial charge in [0.2, 0.25) is 0 Å². The molecule has 0 radical (unpaired) electrons. The van der Waals surface area contributed by atoms with Crippen LogP contribution in [0.3, 0.4) is 0 Å². The van der Waals surface area contributed by atoms with Crippen molar-refractivity contribution in [1.29, 1.82) is 0 Å². The Balaban J connectivity index is 2.25. The van der Waals surface area contributed by atoms with Crippen LogP contribution in [-0.4, -0.2) is 32.9 Å². The van der Waals surface area contributed by atoms with Gasteiger partial charge in [-0.15, -0.1) is 0 Å². The minimum Gasteiger partial charge on any atom is -0.495 e. The van der Waals surface area contributed by atoms with Crippen molar-refractivity contribution in [3.63, 3.8) is 0 Å². The number of hydrogen-bond donors (Lipinski definition) is 2. The summed E-state index contributed by atoms with van der Waals surface area (Å²) in [5.74, 6) is 0.451. The van der Waals surface area contributed by atoms with Crippen molar-refractivity contribution in [2.45, 2.75) is 12.8 Å². The molecule has 2 rings (SSSR count). The molecule has 0 amide bonds. The minimum absolute atomic E-state index is 0.365. The van der Waals surface area contributed by atoms with E-state index in [9.17, 15) is 8.42 Å². The molecule has 1 aromatic rings. The highest BCUT2D eigenvalue weighted by Crippen LogP contribution is 2.28. The van der Waals surface area contributed by atoms with Crippen LogP contribution in [0.4, 0.5) is 11.4 Å². The number of benzene rings is 1. The van der Waals surface area contributed by atoms with Crippen molar-refractivity contribution in [1.82, 2.24) is 4.31 Å². The van der Waals surface area contributed by atoms with E-state index in [1.807, 2.05) is 0 Å². The number of nitrogens with two attached hydrogens (primary N) is 1. The number of hydrogen-bond acceptors (Lipinski definition) is 4. The molecule has 1 aliphatic rings. The van der Waals surface area contributed by atoms with Crippen LogP contribution in [0.25, 0.3) is 0 Å². The molecule has 0 aliphatic carbocycles. The van der Waals surface area contributed by atoms with Crippen LogP contribution in [-0.2, 0) is 10.2 Å². The first kappa shape index (κ1) is 13.0. The largest absolute Gasteiger partial charge is 0.495 e. The Morgan fingerprint density at radius 2 is 2.00 bits per heavy atom. The molecule has 1 aromatic carbocycles. The standard InChI is InChI=1S/C11H17N3O3S/c1-17-11-5-4-9(12)8-10(11)13-18(15,16)14-6-2-3-7-14/h4-5,8,13H,2-3,6-7,12H2,1H3. The molecule has 1 aliphatic heterocycles. The number of anilines is 2. The third-order valence-corrected chi connectivity index (χ3v) is 4.39. The molecule has 6 nitrogen and oxygen atoms in total. The van der Waals surface area contributed by atoms with E-state index in [4.69, 9.17) is 10.5 Å². The molecule has 7 heteroatoms. The Morgan fingerprint density at radius 3 is 2.61 bits per heavy atom. The molecular formula is C11H17N3O3S. The highest BCUT2D eigenvalue weighted by atomic mass is 32.2. The van der Waals surface area contributed by atoms with Gasteiger partial charge in [-0.3, -0.25) is 4.72 Å². The zero-order chi connectivity index (χ0) is 13.2. The fourth-order valence-corrected chi connectivity index (χ4v) is 3.24. The summed E-state index contributed by atoms with van der Waals surface area (Å²) in [4.78, 5) is 0. The molecule has 1 saturated heterocycles. The Morgan fingerprint density at radius 1 is 1.33 bits per heavy atom. The second-order valence-electron chi connectivity index (χ2n) is 4.17. The van der Waals surface area contributed by atoms with Gasteiger partial charge < -0.3 is 10.5 Å². The summed E-state index contributed by atoms with van der Waals surface area (Å²) in [7, 11) is -2.03. The second kappa shape index (κ2) is 5.03. The van der Waals surface area contributed by atoms with Crippen molar-refractivity contribution in [2.75, 3.05) is 30.7 Å². The number of rotatable bonds is 4. The van der Waals surface area contributed by atoms with Gasteiger partial charge >= 0.3 is 10.2 Å². The summed E-state index contributed by atoms with van der Waals surface area (Å²) in [6, 6.07) is 4.84. The maximum Gasteiger partial charge on any atom is 0.301 e. The lowest BCUT2D eigenvalue weighted by Crippen LogP contribution is -2.33. The van der Waals surface area contributed by atoms with Crippen LogP contribution in [0, 0.1) is 0 Å². The first-order chi connectivity index (χ1) is 8.53. The second-order valence-corrected chi connectivity index (χ2v) is 5.84. The molecule has 0 atom stereocenters. The zero-order valence-electron chi connectivity index (χ0n) is 10.2. The Labute approximate surface area is 107 Å². The van der Waals surface area contributed by atoms with E-state index in [0.717, 1.165) is 12.8 Å². The van der Waals surface area contributed by atoms with E-state index >= 15 is 0 Å². The summed E-state index contributed by atoms with van der Waals surface area (Å²) in [5.41, 5.74) is 6.50. The molecule has 0 bridgehead atoms. The fourth-order valence-electron chi connectivity index (χ4n) is 1.94. The SMILES string of the molecule is COc1ccc(N)cc1NS(=O)(=O)N1CCCC1. The van der Waals surface area contributed by atoms with Crippen LogP contribution in [0.2, 0.25) is 0 Å². The fraction of sp³-hybridized carbons (Fsp3) is 0.455. The molecule has 0 spiro atoms. The highest BCUT2D eigenvalue weighted by molar-refractivity contribution is 7.90. The van der Waals surface area contributed by atoms with Gasteiger partial charge in [0.25, 0.3) is 0 Å². The van der Waals surface area contributed by atoms with Crippen molar-refractivity contribution in [2.24, 2.45) is 0 Å². The zero-order valence-corrected chi connectivity index (χ0v) is 11.0. The maximum atomic E-state index is 12.1. The van der Waals surface area contributed by atoms with Gasteiger partial charge in [0, 0.05) is 18.8 Å². The quantitative estimate of drug-likeness (QED) is 0.801. The predicted octanol–water partition coefficient (Wildman–Crippen LogP) is 1.03. The van der Waals surface area contributed by atoms with Crippen LogP contribution in [0.1, 0.15) is 12.8 Å². The van der Waals surface area contributed by atoms with E-state index in [0.29, 0.717) is 30.2 Å². The van der Waals surface area contributed by atoms with E-state index in [2.05, 4.69) is 4.72 Å². The lowest BCUT2D eigenvalue weighted by molar-refractivity contribution is 0.416.